The summed E-state index contributed by atoms with van der Waals surface area (Å²) in [6.07, 6.45) is 1.24. The van der Waals surface area contributed by atoms with Gasteiger partial charge in [-0.25, -0.2) is 0 Å². The number of nitrogens with zero attached hydrogens (tertiary/aromatic N) is 2. The molecule has 5 heteroatoms. The number of aliphatic hydroxyl groups is 1. The van der Waals surface area contributed by atoms with Crippen LogP contribution in [0.1, 0.15) is 42.3 Å². The fraction of sp³-hybridized carbons (Fsp3) is 0.429. The highest BCUT2D eigenvalue weighted by Gasteiger charge is 2.36. The summed E-state index contributed by atoms with van der Waals surface area (Å²) in [4.78, 5) is 4.27. The van der Waals surface area contributed by atoms with Crippen molar-refractivity contribution >= 4 is 0 Å². The normalized spacial score (nSPS) is 18.2. The maximum atomic E-state index is 10.2. The molecule has 5 nitrogen and oxygen atoms in total. The summed E-state index contributed by atoms with van der Waals surface area (Å²) in [6, 6.07) is 9.26. The van der Waals surface area contributed by atoms with Gasteiger partial charge in [0.1, 0.15) is 6.10 Å². The number of hydrogen-bond donors (Lipinski definition) is 1. The largest absolute Gasteiger partial charge is 0.378 e. The molecule has 2 unspecified atom stereocenters. The third-order valence-corrected chi connectivity index (χ3v) is 3.37. The summed E-state index contributed by atoms with van der Waals surface area (Å²) >= 11 is 0. The van der Waals surface area contributed by atoms with Crippen molar-refractivity contribution in [2.75, 3.05) is 7.11 Å². The standard InChI is InChI=1S/C14H16N2O3/c1-18-12(10-7-8-10)13-15-14(19-16-13)11(17)9-5-3-2-4-6-9/h2-6,10-12,17H,7-8H2,1H3. The van der Waals surface area contributed by atoms with Crippen LogP contribution in [0.15, 0.2) is 34.9 Å². The van der Waals surface area contributed by atoms with Crippen LogP contribution in [0.5, 0.6) is 0 Å². The van der Waals surface area contributed by atoms with Gasteiger partial charge in [0.25, 0.3) is 5.89 Å². The molecule has 1 heterocycles. The van der Waals surface area contributed by atoms with E-state index in [9.17, 15) is 5.11 Å². The van der Waals surface area contributed by atoms with Crippen LogP contribution in [0, 0.1) is 5.92 Å². The Kier molecular flexibility index (Phi) is 3.31. The molecule has 3 rings (SSSR count). The molecule has 1 fully saturated rings. The molecule has 0 amide bonds. The fourth-order valence-electron chi connectivity index (χ4n) is 2.16. The van der Waals surface area contributed by atoms with Gasteiger partial charge in [0.15, 0.2) is 6.10 Å². The van der Waals surface area contributed by atoms with Crippen molar-refractivity contribution in [2.45, 2.75) is 25.0 Å². The van der Waals surface area contributed by atoms with Crippen LogP contribution in [0.2, 0.25) is 0 Å². The van der Waals surface area contributed by atoms with Crippen LogP contribution < -0.4 is 0 Å². The number of rotatable bonds is 5. The van der Waals surface area contributed by atoms with Gasteiger partial charge in [0.05, 0.1) is 0 Å². The molecule has 0 spiro atoms. The third-order valence-electron chi connectivity index (χ3n) is 3.37. The van der Waals surface area contributed by atoms with E-state index in [1.165, 1.54) is 0 Å². The lowest BCUT2D eigenvalue weighted by molar-refractivity contribution is 0.0750. The molecule has 2 atom stereocenters. The Labute approximate surface area is 111 Å². The first kappa shape index (κ1) is 12.3. The quantitative estimate of drug-likeness (QED) is 0.893. The van der Waals surface area contributed by atoms with Crippen molar-refractivity contribution in [3.8, 4) is 0 Å². The van der Waals surface area contributed by atoms with Gasteiger partial charge in [-0.1, -0.05) is 35.5 Å². The zero-order valence-electron chi connectivity index (χ0n) is 10.7. The summed E-state index contributed by atoms with van der Waals surface area (Å²) in [6.45, 7) is 0. The van der Waals surface area contributed by atoms with Crippen molar-refractivity contribution < 1.29 is 14.4 Å². The number of ether oxygens (including phenoxy) is 1. The van der Waals surface area contributed by atoms with Gasteiger partial charge in [-0.2, -0.15) is 4.98 Å². The van der Waals surface area contributed by atoms with E-state index in [2.05, 4.69) is 10.1 Å². The molecule has 1 aromatic heterocycles. The van der Waals surface area contributed by atoms with Crippen LogP contribution in [-0.4, -0.2) is 22.4 Å². The van der Waals surface area contributed by atoms with E-state index in [4.69, 9.17) is 9.26 Å². The molecule has 1 aliphatic carbocycles. The lowest BCUT2D eigenvalue weighted by atomic mass is 10.1. The minimum atomic E-state index is -0.890. The van der Waals surface area contributed by atoms with Crippen molar-refractivity contribution in [1.82, 2.24) is 10.1 Å². The van der Waals surface area contributed by atoms with E-state index in [0.29, 0.717) is 11.7 Å². The van der Waals surface area contributed by atoms with Crippen molar-refractivity contribution in [1.29, 1.82) is 0 Å². The molecule has 1 N–H and O–H groups in total. The maximum Gasteiger partial charge on any atom is 0.260 e. The molecule has 2 aromatic rings. The highest BCUT2D eigenvalue weighted by molar-refractivity contribution is 5.21. The number of aliphatic hydroxyl groups excluding tert-OH is 1. The molecule has 100 valence electrons. The SMILES string of the molecule is COC(c1noc(C(O)c2ccccc2)n1)C1CC1. The van der Waals surface area contributed by atoms with Gasteiger partial charge < -0.3 is 14.4 Å². The maximum absolute atomic E-state index is 10.2. The van der Waals surface area contributed by atoms with E-state index < -0.39 is 6.10 Å². The molecule has 0 bridgehead atoms. The monoisotopic (exact) mass is 260 g/mol. The Hall–Kier alpha value is -1.72. The van der Waals surface area contributed by atoms with Crippen LogP contribution in [0.4, 0.5) is 0 Å². The van der Waals surface area contributed by atoms with Crippen LogP contribution in [0.3, 0.4) is 0 Å². The minimum absolute atomic E-state index is 0.125. The lowest BCUT2D eigenvalue weighted by Crippen LogP contribution is -2.06. The van der Waals surface area contributed by atoms with Crippen molar-refractivity contribution in [2.24, 2.45) is 5.92 Å². The predicted octanol–water partition coefficient (Wildman–Crippen LogP) is 2.25. The Morgan fingerprint density at radius 1 is 1.32 bits per heavy atom. The summed E-state index contributed by atoms with van der Waals surface area (Å²) < 4.78 is 10.5. The lowest BCUT2D eigenvalue weighted by Gasteiger charge is -2.08. The second kappa shape index (κ2) is 5.11. The first-order chi connectivity index (χ1) is 9.29. The van der Waals surface area contributed by atoms with E-state index in [0.717, 1.165) is 18.4 Å². The topological polar surface area (TPSA) is 68.4 Å². The molecule has 0 aliphatic heterocycles. The smallest absolute Gasteiger partial charge is 0.260 e. The van der Waals surface area contributed by atoms with Crippen LogP contribution in [0.25, 0.3) is 0 Å². The minimum Gasteiger partial charge on any atom is -0.378 e. The average Bonchev–Trinajstić information content (AvgIpc) is 3.17. The van der Waals surface area contributed by atoms with E-state index in [1.54, 1.807) is 7.11 Å². The highest BCUT2D eigenvalue weighted by Crippen LogP contribution is 2.42. The van der Waals surface area contributed by atoms with E-state index >= 15 is 0 Å². The zero-order valence-corrected chi connectivity index (χ0v) is 10.7. The van der Waals surface area contributed by atoms with Gasteiger partial charge in [0, 0.05) is 7.11 Å². The fourth-order valence-corrected chi connectivity index (χ4v) is 2.16. The van der Waals surface area contributed by atoms with E-state index in [1.807, 2.05) is 30.3 Å². The van der Waals surface area contributed by atoms with Crippen molar-refractivity contribution in [3.63, 3.8) is 0 Å². The Balaban J connectivity index is 1.80. The second-order valence-corrected chi connectivity index (χ2v) is 4.80. The molecule has 1 aliphatic rings. The van der Waals surface area contributed by atoms with Crippen LogP contribution in [-0.2, 0) is 4.74 Å². The first-order valence-corrected chi connectivity index (χ1v) is 6.39. The van der Waals surface area contributed by atoms with Gasteiger partial charge in [0.2, 0.25) is 5.82 Å². The molecule has 1 aromatic carbocycles. The number of hydrogen-bond acceptors (Lipinski definition) is 5. The Morgan fingerprint density at radius 2 is 2.05 bits per heavy atom. The second-order valence-electron chi connectivity index (χ2n) is 4.80. The summed E-state index contributed by atoms with van der Waals surface area (Å²) in [7, 11) is 1.65. The zero-order chi connectivity index (χ0) is 13.2. The van der Waals surface area contributed by atoms with Gasteiger partial charge in [-0.15, -0.1) is 0 Å². The number of methoxy groups -OCH3 is 1. The van der Waals surface area contributed by atoms with Crippen LogP contribution >= 0.6 is 0 Å². The van der Waals surface area contributed by atoms with E-state index in [-0.39, 0.29) is 12.0 Å². The van der Waals surface area contributed by atoms with Gasteiger partial charge in [-0.3, -0.25) is 0 Å². The average molecular weight is 260 g/mol. The molecular weight excluding hydrogens is 244 g/mol. The predicted molar refractivity (Wildman–Crippen MR) is 67.3 cm³/mol. The van der Waals surface area contributed by atoms with Gasteiger partial charge >= 0.3 is 0 Å². The molecule has 19 heavy (non-hydrogen) atoms. The highest BCUT2D eigenvalue weighted by atomic mass is 16.5. The number of benzene rings is 1. The summed E-state index contributed by atoms with van der Waals surface area (Å²) in [5.41, 5.74) is 0.734. The third kappa shape index (κ3) is 2.52. The summed E-state index contributed by atoms with van der Waals surface area (Å²) in [5.74, 6) is 1.21. The molecule has 0 radical (unpaired) electrons. The molecule has 0 saturated heterocycles. The van der Waals surface area contributed by atoms with Gasteiger partial charge in [-0.05, 0) is 24.3 Å². The van der Waals surface area contributed by atoms with Crippen molar-refractivity contribution in [3.05, 3.63) is 47.6 Å². The Bertz CT molecular complexity index is 537. The number of aromatic nitrogens is 2. The Morgan fingerprint density at radius 3 is 2.68 bits per heavy atom. The first-order valence-electron chi connectivity index (χ1n) is 6.39. The summed E-state index contributed by atoms with van der Waals surface area (Å²) in [5, 5.41) is 14.1. The molecule has 1 saturated carbocycles. The molecular formula is C14H16N2O3.